The Hall–Kier alpha value is -1.75. The number of ether oxygens (including phenoxy) is 1. The summed E-state index contributed by atoms with van der Waals surface area (Å²) >= 11 is 0. The number of hydrogen-bond acceptors (Lipinski definition) is 3. The van der Waals surface area contributed by atoms with Crippen molar-refractivity contribution in [2.24, 2.45) is 4.99 Å². The first kappa shape index (κ1) is 19.6. The normalized spacial score (nSPS) is 15.8. The molecular weight excluding hydrogens is 312 g/mol. The maximum atomic E-state index is 5.19. The van der Waals surface area contributed by atoms with Crippen LogP contribution in [-0.4, -0.2) is 57.2 Å². The molecule has 1 aromatic carbocycles. The molecule has 0 atom stereocenters. The Morgan fingerprint density at radius 1 is 1.12 bits per heavy atom. The summed E-state index contributed by atoms with van der Waals surface area (Å²) < 4.78 is 5.19. The molecule has 0 unspecified atom stereocenters. The van der Waals surface area contributed by atoms with Crippen LogP contribution >= 0.6 is 0 Å². The summed E-state index contributed by atoms with van der Waals surface area (Å²) in [6, 6.07) is 8.30. The van der Waals surface area contributed by atoms with Gasteiger partial charge in [-0.25, -0.2) is 0 Å². The van der Waals surface area contributed by atoms with E-state index in [1.807, 2.05) is 12.1 Å². The smallest absolute Gasteiger partial charge is 0.191 e. The van der Waals surface area contributed by atoms with Crippen molar-refractivity contribution in [1.29, 1.82) is 0 Å². The molecule has 0 aromatic heterocycles. The molecule has 5 nitrogen and oxygen atoms in total. The standard InChI is InChI=1S/C20H34N4O/c1-3-21-20(23-14-17-24-15-5-4-6-16-24)22-13-7-8-18-9-11-19(25-2)12-10-18/h9-12H,3-8,13-17H2,1-2H3,(H2,21,22,23). The zero-order valence-electron chi connectivity index (χ0n) is 15.9. The largest absolute Gasteiger partial charge is 0.497 e. The summed E-state index contributed by atoms with van der Waals surface area (Å²) in [6.45, 7) is 8.41. The molecule has 5 heteroatoms. The number of piperidine rings is 1. The van der Waals surface area contributed by atoms with Gasteiger partial charge >= 0.3 is 0 Å². The molecule has 1 saturated heterocycles. The summed E-state index contributed by atoms with van der Waals surface area (Å²) in [5.41, 5.74) is 1.33. The Morgan fingerprint density at radius 2 is 1.88 bits per heavy atom. The van der Waals surface area contributed by atoms with Crippen molar-refractivity contribution < 1.29 is 4.74 Å². The third-order valence-electron chi connectivity index (χ3n) is 4.57. The van der Waals surface area contributed by atoms with E-state index in [0.717, 1.165) is 50.7 Å². The van der Waals surface area contributed by atoms with E-state index in [4.69, 9.17) is 9.73 Å². The molecule has 1 heterocycles. The van der Waals surface area contributed by atoms with Gasteiger partial charge in [0.1, 0.15) is 5.75 Å². The Morgan fingerprint density at radius 3 is 2.56 bits per heavy atom. The van der Waals surface area contributed by atoms with Gasteiger partial charge in [-0.05, 0) is 63.4 Å². The highest BCUT2D eigenvalue weighted by atomic mass is 16.5. The SMILES string of the molecule is CCNC(=NCCCc1ccc(OC)cc1)NCCN1CCCCC1. The topological polar surface area (TPSA) is 48.9 Å². The maximum absolute atomic E-state index is 5.19. The van der Waals surface area contributed by atoms with Crippen molar-refractivity contribution in [3.05, 3.63) is 29.8 Å². The van der Waals surface area contributed by atoms with Crippen LogP contribution in [0.1, 0.15) is 38.2 Å². The molecule has 2 rings (SSSR count). The van der Waals surface area contributed by atoms with Gasteiger partial charge in [0.25, 0.3) is 0 Å². The Kier molecular flexibility index (Phi) is 9.19. The highest BCUT2D eigenvalue weighted by molar-refractivity contribution is 5.79. The van der Waals surface area contributed by atoms with Crippen LogP contribution in [0.4, 0.5) is 0 Å². The van der Waals surface area contributed by atoms with Crippen molar-refractivity contribution in [3.63, 3.8) is 0 Å². The second kappa shape index (κ2) is 11.7. The predicted molar refractivity (Wildman–Crippen MR) is 106 cm³/mol. The van der Waals surface area contributed by atoms with Gasteiger partial charge in [-0.1, -0.05) is 18.6 Å². The van der Waals surface area contributed by atoms with E-state index < -0.39 is 0 Å². The molecule has 1 aliphatic heterocycles. The van der Waals surface area contributed by atoms with Crippen molar-refractivity contribution in [3.8, 4) is 5.75 Å². The number of nitrogens with one attached hydrogen (secondary N) is 2. The fraction of sp³-hybridized carbons (Fsp3) is 0.650. The van der Waals surface area contributed by atoms with Gasteiger partial charge in [-0.3, -0.25) is 4.99 Å². The third kappa shape index (κ3) is 7.78. The summed E-state index contributed by atoms with van der Waals surface area (Å²) in [6.07, 6.45) is 6.18. The molecule has 0 saturated carbocycles. The van der Waals surface area contributed by atoms with Crippen LogP contribution in [0.3, 0.4) is 0 Å². The van der Waals surface area contributed by atoms with Crippen LogP contribution in [0.2, 0.25) is 0 Å². The number of benzene rings is 1. The number of aliphatic imine (C=N–C) groups is 1. The zero-order valence-corrected chi connectivity index (χ0v) is 15.9. The van der Waals surface area contributed by atoms with Crippen LogP contribution in [0.5, 0.6) is 5.75 Å². The fourth-order valence-electron chi connectivity index (χ4n) is 3.12. The number of aryl methyl sites for hydroxylation is 1. The van der Waals surface area contributed by atoms with Gasteiger partial charge in [0.05, 0.1) is 7.11 Å². The molecule has 1 fully saturated rings. The average Bonchev–Trinajstić information content (AvgIpc) is 2.66. The molecule has 0 amide bonds. The Labute approximate surface area is 152 Å². The summed E-state index contributed by atoms with van der Waals surface area (Å²) in [7, 11) is 1.70. The van der Waals surface area contributed by atoms with Crippen molar-refractivity contribution in [2.45, 2.75) is 39.0 Å². The van der Waals surface area contributed by atoms with E-state index in [9.17, 15) is 0 Å². The quantitative estimate of drug-likeness (QED) is 0.410. The highest BCUT2D eigenvalue weighted by Gasteiger charge is 2.09. The molecule has 1 aliphatic rings. The minimum absolute atomic E-state index is 0.838. The first-order valence-electron chi connectivity index (χ1n) is 9.69. The van der Waals surface area contributed by atoms with E-state index in [1.165, 1.54) is 37.9 Å². The summed E-state index contributed by atoms with van der Waals surface area (Å²) in [4.78, 5) is 7.24. The van der Waals surface area contributed by atoms with Crippen molar-refractivity contribution in [2.75, 3.05) is 46.4 Å². The van der Waals surface area contributed by atoms with Crippen LogP contribution in [0.25, 0.3) is 0 Å². The molecule has 2 N–H and O–H groups in total. The molecule has 0 aliphatic carbocycles. The minimum Gasteiger partial charge on any atom is -0.497 e. The summed E-state index contributed by atoms with van der Waals surface area (Å²) in [5.74, 6) is 1.85. The zero-order chi connectivity index (χ0) is 17.7. The van der Waals surface area contributed by atoms with Gasteiger partial charge in [-0.15, -0.1) is 0 Å². The molecule has 25 heavy (non-hydrogen) atoms. The molecule has 0 radical (unpaired) electrons. The molecule has 140 valence electrons. The van der Waals surface area contributed by atoms with Crippen LogP contribution < -0.4 is 15.4 Å². The number of rotatable bonds is 9. The number of likely N-dealkylation sites (tertiary alicyclic amines) is 1. The maximum Gasteiger partial charge on any atom is 0.191 e. The Bertz CT molecular complexity index is 495. The van der Waals surface area contributed by atoms with Crippen LogP contribution in [-0.2, 0) is 6.42 Å². The minimum atomic E-state index is 0.838. The van der Waals surface area contributed by atoms with Gasteiger partial charge in [0, 0.05) is 26.2 Å². The van der Waals surface area contributed by atoms with Gasteiger partial charge < -0.3 is 20.3 Å². The van der Waals surface area contributed by atoms with E-state index in [1.54, 1.807) is 7.11 Å². The first-order chi connectivity index (χ1) is 12.3. The molecule has 0 bridgehead atoms. The second-order valence-electron chi connectivity index (χ2n) is 6.54. The predicted octanol–water partition coefficient (Wildman–Crippen LogP) is 2.67. The lowest BCUT2D eigenvalue weighted by Crippen LogP contribution is -2.42. The van der Waals surface area contributed by atoms with E-state index in [2.05, 4.69) is 34.6 Å². The number of methoxy groups -OCH3 is 1. The first-order valence-corrected chi connectivity index (χ1v) is 9.69. The van der Waals surface area contributed by atoms with E-state index in [0.29, 0.717) is 0 Å². The van der Waals surface area contributed by atoms with E-state index >= 15 is 0 Å². The third-order valence-corrected chi connectivity index (χ3v) is 4.57. The lowest BCUT2D eigenvalue weighted by atomic mass is 10.1. The van der Waals surface area contributed by atoms with Crippen molar-refractivity contribution >= 4 is 5.96 Å². The van der Waals surface area contributed by atoms with Gasteiger partial charge in [-0.2, -0.15) is 0 Å². The van der Waals surface area contributed by atoms with Gasteiger partial charge in [0.2, 0.25) is 0 Å². The molecule has 1 aromatic rings. The lowest BCUT2D eigenvalue weighted by Gasteiger charge is -2.26. The monoisotopic (exact) mass is 346 g/mol. The highest BCUT2D eigenvalue weighted by Crippen LogP contribution is 2.12. The number of hydrogen-bond donors (Lipinski definition) is 2. The van der Waals surface area contributed by atoms with Crippen LogP contribution in [0.15, 0.2) is 29.3 Å². The van der Waals surface area contributed by atoms with Crippen molar-refractivity contribution in [1.82, 2.24) is 15.5 Å². The lowest BCUT2D eigenvalue weighted by molar-refractivity contribution is 0.232. The van der Waals surface area contributed by atoms with Gasteiger partial charge in [0.15, 0.2) is 5.96 Å². The summed E-state index contributed by atoms with van der Waals surface area (Å²) in [5, 5.41) is 6.80. The second-order valence-corrected chi connectivity index (χ2v) is 6.54. The molecule has 0 spiro atoms. The van der Waals surface area contributed by atoms with Crippen LogP contribution in [0, 0.1) is 0 Å². The fourth-order valence-corrected chi connectivity index (χ4v) is 3.12. The number of nitrogens with zero attached hydrogens (tertiary/aromatic N) is 2. The Balaban J connectivity index is 1.66. The number of guanidine groups is 1. The molecular formula is C20H34N4O. The van der Waals surface area contributed by atoms with E-state index in [-0.39, 0.29) is 0 Å². The average molecular weight is 347 g/mol.